The van der Waals surface area contributed by atoms with E-state index >= 15 is 0 Å². The van der Waals surface area contributed by atoms with Gasteiger partial charge in [0.1, 0.15) is 11.5 Å². The van der Waals surface area contributed by atoms with E-state index in [-0.39, 0.29) is 11.7 Å². The first-order valence-corrected chi connectivity index (χ1v) is 8.08. The van der Waals surface area contributed by atoms with Crippen LogP contribution in [0.4, 0.5) is 0 Å². The van der Waals surface area contributed by atoms with Gasteiger partial charge in [0.05, 0.1) is 23.3 Å². The Morgan fingerprint density at radius 1 is 1.46 bits per heavy atom. The molecule has 0 radical (unpaired) electrons. The number of hydrogen-bond donors (Lipinski definition) is 3. The van der Waals surface area contributed by atoms with Crippen LogP contribution in [0, 0.1) is 6.92 Å². The van der Waals surface area contributed by atoms with Crippen molar-refractivity contribution in [3.05, 3.63) is 47.0 Å². The molecule has 0 bridgehead atoms. The van der Waals surface area contributed by atoms with E-state index in [1.54, 1.807) is 6.20 Å². The van der Waals surface area contributed by atoms with Crippen molar-refractivity contribution < 1.29 is 9.90 Å². The number of carboxylic acids is 1. The lowest BCUT2D eigenvalue weighted by Crippen LogP contribution is -2.24. The van der Waals surface area contributed by atoms with E-state index in [0.717, 1.165) is 41.8 Å². The van der Waals surface area contributed by atoms with Gasteiger partial charge in [-0.25, -0.2) is 9.78 Å². The van der Waals surface area contributed by atoms with Crippen LogP contribution in [0.2, 0.25) is 0 Å². The Morgan fingerprint density at radius 3 is 3.12 bits per heavy atom. The zero-order valence-corrected chi connectivity index (χ0v) is 13.4. The predicted molar refractivity (Wildman–Crippen MR) is 88.8 cm³/mol. The minimum Gasteiger partial charge on any atom is -0.477 e. The van der Waals surface area contributed by atoms with Crippen molar-refractivity contribution in [3.8, 4) is 0 Å². The molecule has 0 unspecified atom stereocenters. The molecule has 3 aromatic rings. The number of aromatic carboxylic acids is 1. The second-order valence-corrected chi connectivity index (χ2v) is 6.30. The summed E-state index contributed by atoms with van der Waals surface area (Å²) in [5.41, 5.74) is 4.09. The van der Waals surface area contributed by atoms with E-state index in [9.17, 15) is 9.90 Å². The first-order valence-electron chi connectivity index (χ1n) is 8.08. The summed E-state index contributed by atoms with van der Waals surface area (Å²) in [5.74, 6) is -0.0187. The molecule has 124 valence electrons. The average Bonchev–Trinajstić information content (AvgIpc) is 3.26. The van der Waals surface area contributed by atoms with Gasteiger partial charge in [-0.2, -0.15) is 5.10 Å². The molecule has 3 heterocycles. The standard InChI is InChI=1S/C17H19N5O2/c1-10-4-2-5-12-14(10)20-16(19-12)13-6-3-7-22(13)9-11-8-18-21-15(11)17(23)24/h2,4-5,8,13H,3,6-7,9H2,1H3,(H,18,21)(H,19,20)(H,23,24)/t13-/m1/s1. The second kappa shape index (κ2) is 5.76. The number of hydrogen-bond acceptors (Lipinski definition) is 4. The van der Waals surface area contributed by atoms with Crippen LogP contribution in [-0.2, 0) is 6.54 Å². The van der Waals surface area contributed by atoms with Gasteiger partial charge in [-0.3, -0.25) is 10.00 Å². The topological polar surface area (TPSA) is 97.9 Å². The smallest absolute Gasteiger partial charge is 0.354 e. The molecular formula is C17H19N5O2. The highest BCUT2D eigenvalue weighted by Gasteiger charge is 2.30. The third-order valence-corrected chi connectivity index (χ3v) is 4.72. The maximum absolute atomic E-state index is 11.3. The number of likely N-dealkylation sites (tertiary alicyclic amines) is 1. The lowest BCUT2D eigenvalue weighted by atomic mass is 10.2. The van der Waals surface area contributed by atoms with Crippen LogP contribution in [0.25, 0.3) is 11.0 Å². The quantitative estimate of drug-likeness (QED) is 0.685. The molecule has 4 rings (SSSR count). The summed E-state index contributed by atoms with van der Waals surface area (Å²) in [6, 6.07) is 6.30. The summed E-state index contributed by atoms with van der Waals surface area (Å²) in [5, 5.41) is 15.7. The van der Waals surface area contributed by atoms with Crippen molar-refractivity contribution in [1.82, 2.24) is 25.1 Å². The Kier molecular flexibility index (Phi) is 3.57. The maximum Gasteiger partial charge on any atom is 0.354 e. The molecule has 1 saturated heterocycles. The molecule has 7 heteroatoms. The summed E-state index contributed by atoms with van der Waals surface area (Å²) >= 11 is 0. The Morgan fingerprint density at radius 2 is 2.33 bits per heavy atom. The maximum atomic E-state index is 11.3. The van der Waals surface area contributed by atoms with Gasteiger partial charge >= 0.3 is 5.97 Å². The predicted octanol–water partition coefficient (Wildman–Crippen LogP) is 2.63. The zero-order valence-electron chi connectivity index (χ0n) is 13.4. The Labute approximate surface area is 138 Å². The number of rotatable bonds is 4. The van der Waals surface area contributed by atoms with Crippen LogP contribution in [0.1, 0.15) is 46.3 Å². The van der Waals surface area contributed by atoms with Crippen molar-refractivity contribution in [2.24, 2.45) is 0 Å². The van der Waals surface area contributed by atoms with Crippen molar-refractivity contribution in [2.75, 3.05) is 6.54 Å². The molecule has 24 heavy (non-hydrogen) atoms. The second-order valence-electron chi connectivity index (χ2n) is 6.30. The molecule has 0 amide bonds. The fourth-order valence-electron chi connectivity index (χ4n) is 3.51. The van der Waals surface area contributed by atoms with E-state index in [4.69, 9.17) is 4.98 Å². The number of benzene rings is 1. The molecule has 3 N–H and O–H groups in total. The van der Waals surface area contributed by atoms with Crippen molar-refractivity contribution in [3.63, 3.8) is 0 Å². The van der Waals surface area contributed by atoms with Gasteiger partial charge in [-0.05, 0) is 37.9 Å². The first kappa shape index (κ1) is 14.9. The molecule has 1 aliphatic rings. The van der Waals surface area contributed by atoms with Gasteiger partial charge in [0.15, 0.2) is 0 Å². The fourth-order valence-corrected chi connectivity index (χ4v) is 3.51. The van der Waals surface area contributed by atoms with Crippen molar-refractivity contribution >= 4 is 17.0 Å². The molecule has 0 spiro atoms. The van der Waals surface area contributed by atoms with Crippen LogP contribution in [0.5, 0.6) is 0 Å². The van der Waals surface area contributed by atoms with Crippen LogP contribution < -0.4 is 0 Å². The number of aryl methyl sites for hydroxylation is 1. The van der Waals surface area contributed by atoms with Gasteiger partial charge in [-0.15, -0.1) is 0 Å². The highest BCUT2D eigenvalue weighted by atomic mass is 16.4. The number of nitrogens with zero attached hydrogens (tertiary/aromatic N) is 3. The lowest BCUT2D eigenvalue weighted by Gasteiger charge is -2.22. The minimum absolute atomic E-state index is 0.168. The van der Waals surface area contributed by atoms with E-state index in [1.165, 1.54) is 0 Å². The fraction of sp³-hybridized carbons (Fsp3) is 0.353. The number of nitrogens with one attached hydrogen (secondary N) is 2. The van der Waals surface area contributed by atoms with Crippen molar-refractivity contribution in [1.29, 1.82) is 0 Å². The molecule has 2 aromatic heterocycles. The Bertz CT molecular complexity index is 897. The lowest BCUT2D eigenvalue weighted by molar-refractivity contribution is 0.0687. The molecule has 1 aromatic carbocycles. The van der Waals surface area contributed by atoms with E-state index in [1.807, 2.05) is 12.1 Å². The number of fused-ring (bicyclic) bond motifs is 1. The third-order valence-electron chi connectivity index (χ3n) is 4.72. The normalized spacial score (nSPS) is 18.5. The molecule has 0 saturated carbocycles. The van der Waals surface area contributed by atoms with Crippen LogP contribution in [0.3, 0.4) is 0 Å². The molecule has 7 nitrogen and oxygen atoms in total. The van der Waals surface area contributed by atoms with Crippen molar-refractivity contribution in [2.45, 2.75) is 32.4 Å². The number of carboxylic acid groups (broad SMARTS) is 1. The van der Waals surface area contributed by atoms with Gasteiger partial charge in [-0.1, -0.05) is 12.1 Å². The van der Waals surface area contributed by atoms with Gasteiger partial charge in [0.25, 0.3) is 0 Å². The average molecular weight is 325 g/mol. The molecular weight excluding hydrogens is 306 g/mol. The molecule has 1 fully saturated rings. The summed E-state index contributed by atoms with van der Waals surface area (Å²) in [7, 11) is 0. The third kappa shape index (κ3) is 2.46. The minimum atomic E-state index is -0.974. The number of aromatic nitrogens is 4. The molecule has 0 aliphatic carbocycles. The summed E-state index contributed by atoms with van der Waals surface area (Å²) in [6.07, 6.45) is 3.68. The van der Waals surface area contributed by atoms with Gasteiger partial charge in [0, 0.05) is 12.1 Å². The number of H-pyrrole nitrogens is 2. The summed E-state index contributed by atoms with van der Waals surface area (Å²) in [4.78, 5) is 21.8. The van der Waals surface area contributed by atoms with Gasteiger partial charge in [0.2, 0.25) is 0 Å². The number of carbonyl (C=O) groups is 1. The number of aromatic amines is 2. The summed E-state index contributed by atoms with van der Waals surface area (Å²) in [6.45, 7) is 3.54. The highest BCUT2D eigenvalue weighted by molar-refractivity contribution is 5.86. The van der Waals surface area contributed by atoms with Crippen LogP contribution >= 0.6 is 0 Å². The number of imidazole rings is 1. The Hall–Kier alpha value is -2.67. The first-order chi connectivity index (χ1) is 11.6. The Balaban J connectivity index is 1.63. The summed E-state index contributed by atoms with van der Waals surface area (Å²) < 4.78 is 0. The SMILES string of the molecule is Cc1cccc2[nH]c([C@H]3CCCN3Cc3cn[nH]c3C(=O)O)nc12. The zero-order chi connectivity index (χ0) is 16.7. The number of para-hydroxylation sites is 1. The van der Waals surface area contributed by atoms with Crippen LogP contribution in [-0.4, -0.2) is 42.7 Å². The monoisotopic (exact) mass is 325 g/mol. The van der Waals surface area contributed by atoms with E-state index in [2.05, 4.69) is 33.1 Å². The highest BCUT2D eigenvalue weighted by Crippen LogP contribution is 2.33. The van der Waals surface area contributed by atoms with Gasteiger partial charge < -0.3 is 10.1 Å². The van der Waals surface area contributed by atoms with E-state index < -0.39 is 5.97 Å². The molecule has 1 aliphatic heterocycles. The largest absolute Gasteiger partial charge is 0.477 e. The van der Waals surface area contributed by atoms with Crippen LogP contribution in [0.15, 0.2) is 24.4 Å². The molecule has 1 atom stereocenters. The van der Waals surface area contributed by atoms with E-state index in [0.29, 0.717) is 12.1 Å².